The van der Waals surface area contributed by atoms with Gasteiger partial charge in [-0.3, -0.25) is 4.79 Å². The van der Waals surface area contributed by atoms with E-state index in [4.69, 9.17) is 14.2 Å². The molecule has 0 heterocycles. The molecule has 0 aliphatic rings. The van der Waals surface area contributed by atoms with Crippen molar-refractivity contribution in [2.75, 3.05) is 39.0 Å². The van der Waals surface area contributed by atoms with E-state index >= 15 is 0 Å². The molecule has 6 heteroatoms. The predicted molar refractivity (Wildman–Crippen MR) is 101 cm³/mol. The standard InChI is InChI=1S/C19H23NO4S/c1-20(18(21)10-11-25-15-8-6-5-7-9-15)14-12-16(22-2)19(24-4)17(13-14)23-3/h5-9,12-13H,10-11H2,1-4H3. The number of rotatable bonds is 8. The zero-order valence-corrected chi connectivity index (χ0v) is 15.8. The van der Waals surface area contributed by atoms with Crippen LogP contribution in [-0.4, -0.2) is 40.0 Å². The Morgan fingerprint density at radius 1 is 1.00 bits per heavy atom. The number of thioether (sulfide) groups is 1. The molecule has 0 saturated heterocycles. The monoisotopic (exact) mass is 361 g/mol. The highest BCUT2D eigenvalue weighted by atomic mass is 32.2. The first-order valence-corrected chi connectivity index (χ1v) is 8.83. The van der Waals surface area contributed by atoms with Crippen LogP contribution in [0.2, 0.25) is 0 Å². The number of amides is 1. The second-order valence-corrected chi connectivity index (χ2v) is 6.42. The van der Waals surface area contributed by atoms with E-state index in [1.807, 2.05) is 30.3 Å². The van der Waals surface area contributed by atoms with Crippen molar-refractivity contribution in [3.63, 3.8) is 0 Å². The van der Waals surface area contributed by atoms with Gasteiger partial charge in [0, 0.05) is 36.2 Å². The van der Waals surface area contributed by atoms with Gasteiger partial charge in [-0.25, -0.2) is 0 Å². The second kappa shape index (κ2) is 9.22. The number of hydrogen-bond acceptors (Lipinski definition) is 5. The Hall–Kier alpha value is -2.34. The Kier molecular flexibility index (Phi) is 7.01. The number of benzene rings is 2. The summed E-state index contributed by atoms with van der Waals surface area (Å²) >= 11 is 1.67. The summed E-state index contributed by atoms with van der Waals surface area (Å²) in [5.41, 5.74) is 0.698. The van der Waals surface area contributed by atoms with E-state index in [2.05, 4.69) is 0 Å². The van der Waals surface area contributed by atoms with Gasteiger partial charge in [0.25, 0.3) is 0 Å². The second-order valence-electron chi connectivity index (χ2n) is 5.25. The molecular formula is C19H23NO4S. The maximum absolute atomic E-state index is 12.5. The number of carbonyl (C=O) groups excluding carboxylic acids is 1. The topological polar surface area (TPSA) is 48.0 Å². The number of anilines is 1. The Morgan fingerprint density at radius 2 is 1.60 bits per heavy atom. The van der Waals surface area contributed by atoms with Crippen molar-refractivity contribution < 1.29 is 19.0 Å². The molecule has 0 aliphatic carbocycles. The third kappa shape index (κ3) is 4.82. The molecule has 134 valence electrons. The highest BCUT2D eigenvalue weighted by Crippen LogP contribution is 2.40. The van der Waals surface area contributed by atoms with Crippen LogP contribution in [0.5, 0.6) is 17.2 Å². The molecule has 0 radical (unpaired) electrons. The Bertz CT molecular complexity index is 681. The average molecular weight is 361 g/mol. The van der Waals surface area contributed by atoms with Crippen LogP contribution in [0, 0.1) is 0 Å². The molecular weight excluding hydrogens is 338 g/mol. The van der Waals surface area contributed by atoms with E-state index in [0.717, 1.165) is 10.6 Å². The molecule has 0 atom stereocenters. The molecule has 0 fully saturated rings. The number of carbonyl (C=O) groups is 1. The summed E-state index contributed by atoms with van der Waals surface area (Å²) in [6.07, 6.45) is 0.437. The summed E-state index contributed by atoms with van der Waals surface area (Å²) in [5, 5.41) is 0. The zero-order chi connectivity index (χ0) is 18.2. The van der Waals surface area contributed by atoms with Crippen molar-refractivity contribution in [3.05, 3.63) is 42.5 Å². The van der Waals surface area contributed by atoms with Gasteiger partial charge in [-0.1, -0.05) is 18.2 Å². The fraction of sp³-hybridized carbons (Fsp3) is 0.316. The predicted octanol–water partition coefficient (Wildman–Crippen LogP) is 3.86. The molecule has 25 heavy (non-hydrogen) atoms. The third-order valence-electron chi connectivity index (χ3n) is 3.74. The van der Waals surface area contributed by atoms with Crippen LogP contribution in [0.25, 0.3) is 0 Å². The van der Waals surface area contributed by atoms with Gasteiger partial charge >= 0.3 is 0 Å². The van der Waals surface area contributed by atoms with Gasteiger partial charge in [0.1, 0.15) is 0 Å². The Labute approximate surface area is 152 Å². The maximum atomic E-state index is 12.5. The molecule has 2 aromatic rings. The molecule has 2 rings (SSSR count). The van der Waals surface area contributed by atoms with Crippen molar-refractivity contribution in [2.24, 2.45) is 0 Å². The molecule has 0 aromatic heterocycles. The van der Waals surface area contributed by atoms with Gasteiger partial charge in [0.2, 0.25) is 11.7 Å². The maximum Gasteiger partial charge on any atom is 0.227 e. The van der Waals surface area contributed by atoms with Crippen LogP contribution in [0.4, 0.5) is 5.69 Å². The molecule has 2 aromatic carbocycles. The number of methoxy groups -OCH3 is 3. The quantitative estimate of drug-likeness (QED) is 0.668. The van der Waals surface area contributed by atoms with Gasteiger partial charge in [0.05, 0.1) is 27.0 Å². The molecule has 1 amide bonds. The lowest BCUT2D eigenvalue weighted by molar-refractivity contribution is -0.117. The summed E-state index contributed by atoms with van der Waals surface area (Å²) in [5.74, 6) is 2.30. The lowest BCUT2D eigenvalue weighted by Crippen LogP contribution is -2.26. The highest BCUT2D eigenvalue weighted by molar-refractivity contribution is 7.99. The first kappa shape index (κ1) is 19.0. The highest BCUT2D eigenvalue weighted by Gasteiger charge is 2.18. The largest absolute Gasteiger partial charge is 0.493 e. The van der Waals surface area contributed by atoms with Crippen molar-refractivity contribution >= 4 is 23.4 Å². The van der Waals surface area contributed by atoms with E-state index in [0.29, 0.717) is 29.4 Å². The average Bonchev–Trinajstić information content (AvgIpc) is 2.66. The summed E-state index contributed by atoms with van der Waals surface area (Å²) in [7, 11) is 6.41. The van der Waals surface area contributed by atoms with Crippen LogP contribution in [0.1, 0.15) is 6.42 Å². The molecule has 0 N–H and O–H groups in total. The lowest BCUT2D eigenvalue weighted by Gasteiger charge is -2.20. The van der Waals surface area contributed by atoms with Gasteiger partial charge in [-0.15, -0.1) is 11.8 Å². The van der Waals surface area contributed by atoms with E-state index < -0.39 is 0 Å². The molecule has 5 nitrogen and oxygen atoms in total. The number of nitrogens with zero attached hydrogens (tertiary/aromatic N) is 1. The minimum atomic E-state index is 0.0257. The summed E-state index contributed by atoms with van der Waals surface area (Å²) < 4.78 is 16.0. The first-order chi connectivity index (χ1) is 12.1. The lowest BCUT2D eigenvalue weighted by atomic mass is 10.2. The Balaban J connectivity index is 2.05. The summed E-state index contributed by atoms with van der Waals surface area (Å²) in [6, 6.07) is 13.6. The van der Waals surface area contributed by atoms with Crippen molar-refractivity contribution in [1.29, 1.82) is 0 Å². The zero-order valence-electron chi connectivity index (χ0n) is 14.9. The van der Waals surface area contributed by atoms with Crippen LogP contribution < -0.4 is 19.1 Å². The van der Waals surface area contributed by atoms with Crippen molar-refractivity contribution in [3.8, 4) is 17.2 Å². The molecule has 0 unspecified atom stereocenters. The Morgan fingerprint density at radius 3 is 2.12 bits per heavy atom. The molecule has 0 spiro atoms. The smallest absolute Gasteiger partial charge is 0.227 e. The molecule has 0 saturated carbocycles. The molecule has 0 aliphatic heterocycles. The number of ether oxygens (including phenoxy) is 3. The summed E-state index contributed by atoms with van der Waals surface area (Å²) in [4.78, 5) is 15.3. The van der Waals surface area contributed by atoms with Crippen LogP contribution in [-0.2, 0) is 4.79 Å². The third-order valence-corrected chi connectivity index (χ3v) is 4.75. The number of hydrogen-bond donors (Lipinski definition) is 0. The van der Waals surface area contributed by atoms with E-state index in [1.54, 1.807) is 57.2 Å². The normalized spacial score (nSPS) is 10.2. The van der Waals surface area contributed by atoms with Gasteiger partial charge in [-0.05, 0) is 12.1 Å². The van der Waals surface area contributed by atoms with Crippen molar-refractivity contribution in [1.82, 2.24) is 0 Å². The van der Waals surface area contributed by atoms with E-state index in [1.165, 1.54) is 0 Å². The fourth-order valence-corrected chi connectivity index (χ4v) is 3.21. The van der Waals surface area contributed by atoms with Crippen molar-refractivity contribution in [2.45, 2.75) is 11.3 Å². The SMILES string of the molecule is COc1cc(N(C)C(=O)CCSc2ccccc2)cc(OC)c1OC. The van der Waals surface area contributed by atoms with Gasteiger partial charge < -0.3 is 19.1 Å². The van der Waals surface area contributed by atoms with E-state index in [9.17, 15) is 4.79 Å². The minimum Gasteiger partial charge on any atom is -0.493 e. The van der Waals surface area contributed by atoms with Crippen LogP contribution in [0.3, 0.4) is 0 Å². The van der Waals surface area contributed by atoms with Crippen LogP contribution in [0.15, 0.2) is 47.4 Å². The van der Waals surface area contributed by atoms with Gasteiger partial charge in [-0.2, -0.15) is 0 Å². The summed E-state index contributed by atoms with van der Waals surface area (Å²) in [6.45, 7) is 0. The van der Waals surface area contributed by atoms with Gasteiger partial charge in [0.15, 0.2) is 11.5 Å². The van der Waals surface area contributed by atoms with Crippen LogP contribution >= 0.6 is 11.8 Å². The fourth-order valence-electron chi connectivity index (χ4n) is 2.35. The molecule has 0 bridgehead atoms. The first-order valence-electron chi connectivity index (χ1n) is 7.85. The van der Waals surface area contributed by atoms with E-state index in [-0.39, 0.29) is 5.91 Å². The minimum absolute atomic E-state index is 0.0257.